The number of carbonyl (C=O) groups is 1. The van der Waals surface area contributed by atoms with E-state index in [4.69, 9.17) is 11.6 Å². The molecule has 4 rings (SSSR count). The van der Waals surface area contributed by atoms with Gasteiger partial charge >= 0.3 is 12.2 Å². The van der Waals surface area contributed by atoms with Crippen molar-refractivity contribution in [3.63, 3.8) is 0 Å². The minimum absolute atomic E-state index is 0.0749. The van der Waals surface area contributed by atoms with Crippen molar-refractivity contribution in [2.45, 2.75) is 12.7 Å². The lowest BCUT2D eigenvalue weighted by atomic mass is 10.1. The number of nitrogens with zero attached hydrogens (tertiary/aromatic N) is 3. The molecule has 2 amide bonds. The molecule has 0 radical (unpaired) electrons. The summed E-state index contributed by atoms with van der Waals surface area (Å²) in [5, 5.41) is 14.6. The fourth-order valence-corrected chi connectivity index (χ4v) is 3.18. The van der Waals surface area contributed by atoms with E-state index in [1.165, 1.54) is 0 Å². The molecule has 0 aliphatic rings. The first kappa shape index (κ1) is 19.0. The molecule has 0 unspecified atom stereocenters. The van der Waals surface area contributed by atoms with Gasteiger partial charge in [0.1, 0.15) is 0 Å². The Balaban J connectivity index is 1.53. The molecule has 0 saturated heterocycles. The third-order valence-electron chi connectivity index (χ3n) is 4.30. The van der Waals surface area contributed by atoms with Crippen LogP contribution >= 0.6 is 11.6 Å². The van der Waals surface area contributed by atoms with E-state index < -0.39 is 17.8 Å². The van der Waals surface area contributed by atoms with Crippen molar-refractivity contribution in [1.29, 1.82) is 0 Å². The van der Waals surface area contributed by atoms with Crippen molar-refractivity contribution in [2.24, 2.45) is 0 Å². The summed E-state index contributed by atoms with van der Waals surface area (Å²) in [4.78, 5) is 12.3. The van der Waals surface area contributed by atoms with Crippen molar-refractivity contribution < 1.29 is 18.0 Å². The Morgan fingerprint density at radius 1 is 1.10 bits per heavy atom. The van der Waals surface area contributed by atoms with Gasteiger partial charge in [0.15, 0.2) is 11.5 Å². The number of hydrogen-bond acceptors (Lipinski definition) is 3. The normalized spacial score (nSPS) is 11.7. The average molecular weight is 420 g/mol. The summed E-state index contributed by atoms with van der Waals surface area (Å²) in [6.45, 7) is -0.143. The smallest absolute Gasteiger partial charge is 0.331 e. The lowest BCUT2D eigenvalue weighted by molar-refractivity contribution is -0.137. The first-order chi connectivity index (χ1) is 13.8. The van der Waals surface area contributed by atoms with Crippen LogP contribution < -0.4 is 10.6 Å². The Morgan fingerprint density at radius 3 is 2.66 bits per heavy atom. The van der Waals surface area contributed by atoms with Gasteiger partial charge in [0, 0.05) is 11.6 Å². The SMILES string of the molecule is O=C(NCc1nnc2c(Cl)cc(C(F)(F)F)cn12)Nc1cccc2ccccc12. The summed E-state index contributed by atoms with van der Waals surface area (Å²) in [5.41, 5.74) is -0.253. The van der Waals surface area contributed by atoms with Gasteiger partial charge in [-0.05, 0) is 17.5 Å². The van der Waals surface area contributed by atoms with Crippen LogP contribution in [-0.2, 0) is 12.7 Å². The number of benzene rings is 2. The Morgan fingerprint density at radius 2 is 1.86 bits per heavy atom. The molecule has 0 saturated carbocycles. The number of rotatable bonds is 3. The Labute approximate surface area is 167 Å². The summed E-state index contributed by atoms with van der Waals surface area (Å²) in [5.74, 6) is 0.112. The van der Waals surface area contributed by atoms with E-state index in [1.54, 1.807) is 6.07 Å². The number of aromatic nitrogens is 3. The van der Waals surface area contributed by atoms with Crippen LogP contribution in [0.5, 0.6) is 0 Å². The molecule has 0 aliphatic heterocycles. The van der Waals surface area contributed by atoms with Gasteiger partial charge in [-0.3, -0.25) is 4.40 Å². The Kier molecular flexibility index (Phi) is 4.75. The summed E-state index contributed by atoms with van der Waals surface area (Å²) < 4.78 is 40.2. The molecule has 0 fully saturated rings. The third kappa shape index (κ3) is 3.81. The molecule has 0 aliphatic carbocycles. The van der Waals surface area contributed by atoms with Gasteiger partial charge in [-0.25, -0.2) is 4.79 Å². The zero-order valence-corrected chi connectivity index (χ0v) is 15.4. The zero-order valence-electron chi connectivity index (χ0n) is 14.7. The maximum absolute atomic E-state index is 13.0. The quantitative estimate of drug-likeness (QED) is 0.497. The van der Waals surface area contributed by atoms with Crippen molar-refractivity contribution in [3.8, 4) is 0 Å². The zero-order chi connectivity index (χ0) is 20.6. The van der Waals surface area contributed by atoms with Crippen molar-refractivity contribution in [2.75, 3.05) is 5.32 Å². The lowest BCUT2D eigenvalue weighted by Crippen LogP contribution is -2.29. The van der Waals surface area contributed by atoms with Gasteiger partial charge in [0.2, 0.25) is 0 Å². The number of fused-ring (bicyclic) bond motifs is 2. The molecule has 2 N–H and O–H groups in total. The van der Waals surface area contributed by atoms with E-state index in [9.17, 15) is 18.0 Å². The number of urea groups is 1. The molecule has 2 aromatic heterocycles. The predicted octanol–water partition coefficient (Wildman–Crippen LogP) is 4.88. The number of anilines is 1. The average Bonchev–Trinajstić information content (AvgIpc) is 3.10. The monoisotopic (exact) mass is 419 g/mol. The number of amides is 2. The molecule has 2 aromatic carbocycles. The molecule has 4 aromatic rings. The van der Waals surface area contributed by atoms with E-state index in [2.05, 4.69) is 20.8 Å². The van der Waals surface area contributed by atoms with Gasteiger partial charge in [-0.15, -0.1) is 10.2 Å². The van der Waals surface area contributed by atoms with Crippen LogP contribution in [0, 0.1) is 0 Å². The van der Waals surface area contributed by atoms with Gasteiger partial charge in [-0.2, -0.15) is 13.2 Å². The molecular weight excluding hydrogens is 407 g/mol. The highest BCUT2D eigenvalue weighted by molar-refractivity contribution is 6.33. The summed E-state index contributed by atoms with van der Waals surface area (Å²) in [6, 6.07) is 13.3. The number of pyridine rings is 1. The largest absolute Gasteiger partial charge is 0.417 e. The predicted molar refractivity (Wildman–Crippen MR) is 103 cm³/mol. The van der Waals surface area contributed by atoms with Crippen LogP contribution in [0.15, 0.2) is 54.7 Å². The van der Waals surface area contributed by atoms with Crippen LogP contribution in [0.2, 0.25) is 5.02 Å². The molecule has 148 valence electrons. The minimum atomic E-state index is -4.57. The highest BCUT2D eigenvalue weighted by Crippen LogP contribution is 2.32. The first-order valence-corrected chi connectivity index (χ1v) is 8.84. The number of hydrogen-bond donors (Lipinski definition) is 2. The third-order valence-corrected chi connectivity index (χ3v) is 4.58. The highest BCUT2D eigenvalue weighted by Gasteiger charge is 2.32. The van der Waals surface area contributed by atoms with Crippen molar-refractivity contribution in [3.05, 3.63) is 71.1 Å². The van der Waals surface area contributed by atoms with Crippen LogP contribution in [-0.4, -0.2) is 20.6 Å². The van der Waals surface area contributed by atoms with Crippen LogP contribution in [0.25, 0.3) is 16.4 Å². The van der Waals surface area contributed by atoms with Crippen LogP contribution in [0.1, 0.15) is 11.4 Å². The molecule has 0 atom stereocenters. The second kappa shape index (κ2) is 7.25. The molecule has 10 heteroatoms. The molecular formula is C19H13ClF3N5O. The van der Waals surface area contributed by atoms with E-state index in [0.29, 0.717) is 5.69 Å². The van der Waals surface area contributed by atoms with Gasteiger partial charge < -0.3 is 10.6 Å². The number of nitrogens with one attached hydrogen (secondary N) is 2. The highest BCUT2D eigenvalue weighted by atomic mass is 35.5. The summed E-state index contributed by atoms with van der Waals surface area (Å²) in [7, 11) is 0. The number of halogens is 4. The maximum Gasteiger partial charge on any atom is 0.417 e. The van der Waals surface area contributed by atoms with Gasteiger partial charge in [0.05, 0.1) is 22.8 Å². The minimum Gasteiger partial charge on any atom is -0.331 e. The van der Waals surface area contributed by atoms with E-state index in [1.807, 2.05) is 36.4 Å². The molecule has 0 bridgehead atoms. The Bertz CT molecular complexity index is 1220. The first-order valence-electron chi connectivity index (χ1n) is 8.46. The topological polar surface area (TPSA) is 71.3 Å². The van der Waals surface area contributed by atoms with Crippen molar-refractivity contribution >= 4 is 39.7 Å². The van der Waals surface area contributed by atoms with Crippen LogP contribution in [0.4, 0.5) is 23.7 Å². The van der Waals surface area contributed by atoms with Crippen molar-refractivity contribution in [1.82, 2.24) is 19.9 Å². The molecule has 0 spiro atoms. The maximum atomic E-state index is 13.0. The molecule has 2 heterocycles. The van der Waals surface area contributed by atoms with E-state index in [0.717, 1.165) is 27.4 Å². The van der Waals surface area contributed by atoms with Crippen LogP contribution in [0.3, 0.4) is 0 Å². The Hall–Kier alpha value is -3.33. The fraction of sp³-hybridized carbons (Fsp3) is 0.105. The number of alkyl halides is 3. The lowest BCUT2D eigenvalue weighted by Gasteiger charge is -2.11. The van der Waals surface area contributed by atoms with E-state index in [-0.39, 0.29) is 23.0 Å². The second-order valence-corrected chi connectivity index (χ2v) is 6.63. The fourth-order valence-electron chi connectivity index (χ4n) is 2.94. The molecule has 29 heavy (non-hydrogen) atoms. The summed E-state index contributed by atoms with van der Waals surface area (Å²) in [6.07, 6.45) is -3.72. The standard InChI is InChI=1S/C19H13ClF3N5O/c20-14-8-12(19(21,22)23)10-28-16(26-27-17(14)28)9-24-18(29)25-15-7-3-5-11-4-1-2-6-13(11)15/h1-8,10H,9H2,(H2,24,25,29). The second-order valence-electron chi connectivity index (χ2n) is 6.22. The number of carbonyl (C=O) groups excluding carboxylic acids is 1. The molecule has 6 nitrogen and oxygen atoms in total. The summed E-state index contributed by atoms with van der Waals surface area (Å²) >= 11 is 5.88. The van der Waals surface area contributed by atoms with Gasteiger partial charge in [-0.1, -0.05) is 48.0 Å². The van der Waals surface area contributed by atoms with E-state index >= 15 is 0 Å². The van der Waals surface area contributed by atoms with Gasteiger partial charge in [0.25, 0.3) is 0 Å².